The lowest BCUT2D eigenvalue weighted by atomic mass is 10.2. The van der Waals surface area contributed by atoms with Crippen molar-refractivity contribution in [2.45, 2.75) is 6.54 Å². The van der Waals surface area contributed by atoms with Gasteiger partial charge in [-0.2, -0.15) is 4.99 Å². The number of carbonyl (C=O) groups excluding carboxylic acids is 2. The van der Waals surface area contributed by atoms with Crippen LogP contribution in [-0.4, -0.2) is 23.6 Å². The molecule has 1 aromatic heterocycles. The number of nitrogens with zero attached hydrogens (tertiary/aromatic N) is 2. The molecule has 0 unspecified atom stereocenters. The Morgan fingerprint density at radius 3 is 2.70 bits per heavy atom. The first kappa shape index (κ1) is 18.5. The molecule has 27 heavy (non-hydrogen) atoms. The maximum Gasteiger partial charge on any atom is 0.337 e. The van der Waals surface area contributed by atoms with E-state index in [-0.39, 0.29) is 5.91 Å². The normalized spacial score (nSPS) is 11.8. The highest BCUT2D eigenvalue weighted by molar-refractivity contribution is 7.16. The summed E-state index contributed by atoms with van der Waals surface area (Å²) in [6, 6.07) is 14.8. The molecule has 0 fully saturated rings. The third-order valence-electron chi connectivity index (χ3n) is 3.84. The Bertz CT molecular complexity index is 1090. The summed E-state index contributed by atoms with van der Waals surface area (Å²) in [6.07, 6.45) is 4.91. The third-order valence-corrected chi connectivity index (χ3v) is 4.88. The number of hydrogen-bond acceptors (Lipinski definition) is 4. The van der Waals surface area contributed by atoms with Crippen LogP contribution < -0.4 is 4.80 Å². The summed E-state index contributed by atoms with van der Waals surface area (Å²) in [6.45, 7) is 4.27. The number of benzene rings is 2. The van der Waals surface area contributed by atoms with E-state index in [1.54, 1.807) is 24.3 Å². The first-order valence-electron chi connectivity index (χ1n) is 8.27. The van der Waals surface area contributed by atoms with Crippen LogP contribution in [0.5, 0.6) is 0 Å². The minimum absolute atomic E-state index is 0.351. The number of esters is 1. The molecule has 0 aliphatic heterocycles. The van der Waals surface area contributed by atoms with Gasteiger partial charge < -0.3 is 9.30 Å². The standard InChI is InChI=1S/C21H18N2O3S/c1-3-13-23-17-11-10-16(20(25)26-2)14-18(17)27-21(23)22-19(24)12-9-15-7-5-4-6-8-15/h3-12,14H,1,13H2,2H3/b12-9+,22-21?. The van der Waals surface area contributed by atoms with Gasteiger partial charge in [0.15, 0.2) is 4.80 Å². The van der Waals surface area contributed by atoms with Crippen molar-refractivity contribution in [2.75, 3.05) is 7.11 Å². The summed E-state index contributed by atoms with van der Waals surface area (Å²) >= 11 is 1.34. The molecule has 0 radical (unpaired) electrons. The van der Waals surface area contributed by atoms with Crippen molar-refractivity contribution in [3.63, 3.8) is 0 Å². The molecule has 6 heteroatoms. The van der Waals surface area contributed by atoms with Crippen LogP contribution in [0.15, 0.2) is 72.3 Å². The van der Waals surface area contributed by atoms with Crippen LogP contribution in [0, 0.1) is 0 Å². The molecule has 0 saturated heterocycles. The van der Waals surface area contributed by atoms with E-state index in [2.05, 4.69) is 11.6 Å². The van der Waals surface area contributed by atoms with Crippen molar-refractivity contribution in [3.8, 4) is 0 Å². The molecule has 0 saturated carbocycles. The Balaban J connectivity index is 2.01. The first-order chi connectivity index (χ1) is 13.1. The maximum absolute atomic E-state index is 12.3. The van der Waals surface area contributed by atoms with E-state index in [1.807, 2.05) is 41.0 Å². The zero-order valence-corrected chi connectivity index (χ0v) is 15.6. The van der Waals surface area contributed by atoms with E-state index in [0.29, 0.717) is 16.9 Å². The molecule has 2 aromatic carbocycles. The van der Waals surface area contributed by atoms with Gasteiger partial charge in [-0.05, 0) is 29.8 Å². The summed E-state index contributed by atoms with van der Waals surface area (Å²) in [5, 5.41) is 0. The van der Waals surface area contributed by atoms with Crippen LogP contribution in [0.25, 0.3) is 16.3 Å². The number of ether oxygens (including phenoxy) is 1. The summed E-state index contributed by atoms with van der Waals surface area (Å²) in [5.74, 6) is -0.752. The van der Waals surface area contributed by atoms with Gasteiger partial charge >= 0.3 is 5.97 Å². The Morgan fingerprint density at radius 2 is 2.00 bits per heavy atom. The van der Waals surface area contributed by atoms with Gasteiger partial charge in [0.1, 0.15) is 0 Å². The SMILES string of the molecule is C=CCn1c(=NC(=O)/C=C/c2ccccc2)sc2cc(C(=O)OC)ccc21. The number of aromatic nitrogens is 1. The summed E-state index contributed by atoms with van der Waals surface area (Å²) in [7, 11) is 1.34. The smallest absolute Gasteiger partial charge is 0.337 e. The molecule has 1 amide bonds. The Morgan fingerprint density at radius 1 is 1.22 bits per heavy atom. The quantitative estimate of drug-likeness (QED) is 0.385. The van der Waals surface area contributed by atoms with Gasteiger partial charge in [0.2, 0.25) is 0 Å². The number of fused-ring (bicyclic) bond motifs is 1. The zero-order valence-electron chi connectivity index (χ0n) is 14.8. The van der Waals surface area contributed by atoms with Gasteiger partial charge in [-0.15, -0.1) is 6.58 Å². The molecular weight excluding hydrogens is 360 g/mol. The minimum atomic E-state index is -0.402. The molecule has 3 rings (SSSR count). The van der Waals surface area contributed by atoms with Crippen molar-refractivity contribution >= 4 is 39.5 Å². The molecule has 0 aliphatic carbocycles. The van der Waals surface area contributed by atoms with Gasteiger partial charge in [0.25, 0.3) is 5.91 Å². The molecule has 0 aliphatic rings. The van der Waals surface area contributed by atoms with E-state index < -0.39 is 5.97 Å². The third kappa shape index (κ3) is 4.30. The fourth-order valence-electron chi connectivity index (χ4n) is 2.57. The lowest BCUT2D eigenvalue weighted by Gasteiger charge is -2.02. The summed E-state index contributed by atoms with van der Waals surface area (Å²) in [5.41, 5.74) is 2.27. The first-order valence-corrected chi connectivity index (χ1v) is 9.08. The van der Waals surface area contributed by atoms with Crippen molar-refractivity contribution in [1.82, 2.24) is 4.57 Å². The molecule has 0 atom stereocenters. The summed E-state index contributed by atoms with van der Waals surface area (Å²) in [4.78, 5) is 28.8. The molecule has 3 aromatic rings. The van der Waals surface area contributed by atoms with Crippen LogP contribution in [-0.2, 0) is 16.1 Å². The highest BCUT2D eigenvalue weighted by Gasteiger charge is 2.11. The van der Waals surface area contributed by atoms with Crippen LogP contribution in [0.3, 0.4) is 0 Å². The monoisotopic (exact) mass is 378 g/mol. The van der Waals surface area contributed by atoms with E-state index in [0.717, 1.165) is 15.8 Å². The largest absolute Gasteiger partial charge is 0.465 e. The fourth-order valence-corrected chi connectivity index (χ4v) is 3.66. The second-order valence-electron chi connectivity index (χ2n) is 5.65. The topological polar surface area (TPSA) is 60.7 Å². The van der Waals surface area contributed by atoms with E-state index >= 15 is 0 Å². The molecule has 0 bridgehead atoms. The fraction of sp³-hybridized carbons (Fsp3) is 0.0952. The van der Waals surface area contributed by atoms with Crippen molar-refractivity contribution < 1.29 is 14.3 Å². The number of rotatable bonds is 5. The molecule has 0 spiro atoms. The van der Waals surface area contributed by atoms with Crippen LogP contribution >= 0.6 is 11.3 Å². The number of thiazole rings is 1. The van der Waals surface area contributed by atoms with Gasteiger partial charge in [0.05, 0.1) is 22.9 Å². The van der Waals surface area contributed by atoms with Gasteiger partial charge in [0, 0.05) is 12.6 Å². The highest BCUT2D eigenvalue weighted by atomic mass is 32.1. The van der Waals surface area contributed by atoms with Crippen LogP contribution in [0.4, 0.5) is 0 Å². The number of amides is 1. The Kier molecular flexibility index (Phi) is 5.78. The number of methoxy groups -OCH3 is 1. The van der Waals surface area contributed by atoms with Crippen molar-refractivity contribution in [2.24, 2.45) is 4.99 Å². The zero-order chi connectivity index (χ0) is 19.2. The molecule has 136 valence electrons. The number of allylic oxidation sites excluding steroid dienone is 1. The Hall–Kier alpha value is -3.25. The van der Waals surface area contributed by atoms with Crippen molar-refractivity contribution in [1.29, 1.82) is 0 Å². The van der Waals surface area contributed by atoms with E-state index in [9.17, 15) is 9.59 Å². The summed E-state index contributed by atoms with van der Waals surface area (Å²) < 4.78 is 7.50. The number of carbonyl (C=O) groups is 2. The van der Waals surface area contributed by atoms with Gasteiger partial charge in [-0.3, -0.25) is 4.79 Å². The van der Waals surface area contributed by atoms with E-state index in [1.165, 1.54) is 24.5 Å². The molecule has 1 heterocycles. The van der Waals surface area contributed by atoms with Gasteiger partial charge in [-0.1, -0.05) is 47.7 Å². The predicted octanol–water partition coefficient (Wildman–Crippen LogP) is 3.82. The maximum atomic E-state index is 12.3. The van der Waals surface area contributed by atoms with Crippen molar-refractivity contribution in [3.05, 3.63) is 83.2 Å². The Labute approximate surface area is 160 Å². The molecular formula is C21H18N2O3S. The second kappa shape index (κ2) is 8.42. The average molecular weight is 378 g/mol. The number of hydrogen-bond donors (Lipinski definition) is 0. The molecule has 0 N–H and O–H groups in total. The van der Waals surface area contributed by atoms with E-state index in [4.69, 9.17) is 4.74 Å². The van der Waals surface area contributed by atoms with Crippen LogP contribution in [0.2, 0.25) is 0 Å². The predicted molar refractivity (Wildman–Crippen MR) is 107 cm³/mol. The van der Waals surface area contributed by atoms with Gasteiger partial charge in [-0.25, -0.2) is 4.79 Å². The molecule has 5 nitrogen and oxygen atoms in total. The van der Waals surface area contributed by atoms with Crippen LogP contribution in [0.1, 0.15) is 15.9 Å². The lowest BCUT2D eigenvalue weighted by molar-refractivity contribution is -0.113. The highest BCUT2D eigenvalue weighted by Crippen LogP contribution is 2.20. The lowest BCUT2D eigenvalue weighted by Crippen LogP contribution is -2.15. The average Bonchev–Trinajstić information content (AvgIpc) is 3.03. The second-order valence-corrected chi connectivity index (χ2v) is 6.66. The minimum Gasteiger partial charge on any atom is -0.465 e.